The Morgan fingerprint density at radius 3 is 2.56 bits per heavy atom. The summed E-state index contributed by atoms with van der Waals surface area (Å²) < 4.78 is 0. The van der Waals surface area contributed by atoms with Crippen molar-refractivity contribution >= 4 is 29.3 Å². The number of nitrogens with zero attached hydrogens (tertiary/aromatic N) is 1. The maximum Gasteiger partial charge on any atom is 0.262 e. The summed E-state index contributed by atoms with van der Waals surface area (Å²) in [6, 6.07) is 10.6. The van der Waals surface area contributed by atoms with E-state index in [1.165, 1.54) is 11.1 Å². The van der Waals surface area contributed by atoms with Gasteiger partial charge in [0.15, 0.2) is 0 Å². The number of rotatable bonds is 4. The van der Waals surface area contributed by atoms with Gasteiger partial charge in [-0.25, -0.2) is 0 Å². The Kier molecular flexibility index (Phi) is 5.01. The van der Waals surface area contributed by atoms with Crippen LogP contribution in [-0.4, -0.2) is 34.6 Å². The van der Waals surface area contributed by atoms with Gasteiger partial charge in [-0.2, -0.15) is 0 Å². The third kappa shape index (κ3) is 3.36. The number of nitrogens with two attached hydrogens (primary N) is 1. The first kappa shape index (κ1) is 20.4. The Morgan fingerprint density at radius 2 is 1.78 bits per heavy atom. The van der Waals surface area contributed by atoms with Crippen LogP contribution in [0.4, 0.5) is 5.69 Å². The maximum atomic E-state index is 13.0. The number of benzene rings is 2. The van der Waals surface area contributed by atoms with Gasteiger partial charge in [-0.15, -0.1) is 0 Å². The molecule has 2 aliphatic heterocycles. The van der Waals surface area contributed by atoms with Gasteiger partial charge in [-0.3, -0.25) is 29.4 Å². The molecule has 0 spiro atoms. The fourth-order valence-corrected chi connectivity index (χ4v) is 4.91. The van der Waals surface area contributed by atoms with E-state index < -0.39 is 23.8 Å². The monoisotopic (exact) mass is 432 g/mol. The number of fused-ring (bicyclic) bond motifs is 2. The van der Waals surface area contributed by atoms with Gasteiger partial charge < -0.3 is 11.1 Å². The zero-order chi connectivity index (χ0) is 22.4. The molecule has 32 heavy (non-hydrogen) atoms. The van der Waals surface area contributed by atoms with Gasteiger partial charge in [0.1, 0.15) is 6.04 Å². The summed E-state index contributed by atoms with van der Waals surface area (Å²) in [6.45, 7) is 0.510. The highest BCUT2D eigenvalue weighted by Gasteiger charge is 2.44. The zero-order valence-electron chi connectivity index (χ0n) is 17.5. The number of nitrogens with one attached hydrogen (secondary N) is 2. The lowest BCUT2D eigenvalue weighted by Gasteiger charge is -2.28. The van der Waals surface area contributed by atoms with Crippen molar-refractivity contribution < 1.29 is 19.2 Å². The largest absolute Gasteiger partial charge is 0.378 e. The first-order valence-corrected chi connectivity index (χ1v) is 10.9. The number of amides is 4. The van der Waals surface area contributed by atoms with E-state index in [0.29, 0.717) is 6.54 Å². The quantitative estimate of drug-likeness (QED) is 0.636. The standard InChI is InChI=1S/C24H24N4O4/c25-12-13-4-6-16-14(10-13)2-1-3-19(16)26-15-5-7-17-18(11-15)24(32)28(23(17)31)20-8-9-21(29)27-22(20)30/h4-7,10-11,19-20,26H,1-3,8-9,12,25H2,(H,27,29,30). The molecule has 0 radical (unpaired) electrons. The van der Waals surface area contributed by atoms with E-state index in [1.807, 2.05) is 6.07 Å². The second-order valence-electron chi connectivity index (χ2n) is 8.53. The summed E-state index contributed by atoms with van der Waals surface area (Å²) in [5.41, 5.74) is 10.7. The molecule has 0 aromatic heterocycles. The van der Waals surface area contributed by atoms with Crippen molar-refractivity contribution in [3.63, 3.8) is 0 Å². The van der Waals surface area contributed by atoms with Crippen molar-refractivity contribution in [3.05, 3.63) is 64.2 Å². The predicted octanol–water partition coefficient (Wildman–Crippen LogP) is 2.04. The Balaban J connectivity index is 1.39. The van der Waals surface area contributed by atoms with Crippen molar-refractivity contribution in [1.82, 2.24) is 10.2 Å². The van der Waals surface area contributed by atoms with Gasteiger partial charge in [0.05, 0.1) is 17.2 Å². The Hall–Kier alpha value is -3.52. The van der Waals surface area contributed by atoms with E-state index in [1.54, 1.807) is 18.2 Å². The van der Waals surface area contributed by atoms with Gasteiger partial charge in [0.2, 0.25) is 11.8 Å². The van der Waals surface area contributed by atoms with Gasteiger partial charge in [0.25, 0.3) is 11.8 Å². The number of carbonyl (C=O) groups excluding carboxylic acids is 4. The molecule has 1 aliphatic carbocycles. The lowest BCUT2D eigenvalue weighted by atomic mass is 9.86. The molecule has 4 N–H and O–H groups in total. The third-order valence-electron chi connectivity index (χ3n) is 6.54. The normalized spacial score (nSPS) is 22.5. The molecule has 1 fully saturated rings. The SMILES string of the molecule is NCc1ccc2c(c1)CCCC2Nc1ccc2c(c1)C(=O)N(C1CCC(=O)NC1=O)C2=O. The topological polar surface area (TPSA) is 122 Å². The fraction of sp³-hybridized carbons (Fsp3) is 0.333. The lowest BCUT2D eigenvalue weighted by molar-refractivity contribution is -0.136. The molecule has 8 nitrogen and oxygen atoms in total. The van der Waals surface area contributed by atoms with Crippen molar-refractivity contribution in [2.24, 2.45) is 5.73 Å². The van der Waals surface area contributed by atoms with Crippen LogP contribution in [0, 0.1) is 0 Å². The number of anilines is 1. The van der Waals surface area contributed by atoms with E-state index in [2.05, 4.69) is 22.8 Å². The average Bonchev–Trinajstić information content (AvgIpc) is 3.03. The maximum absolute atomic E-state index is 13.0. The first-order valence-electron chi connectivity index (χ1n) is 10.9. The average molecular weight is 432 g/mol. The van der Waals surface area contributed by atoms with Crippen LogP contribution < -0.4 is 16.4 Å². The van der Waals surface area contributed by atoms with E-state index in [0.717, 1.165) is 35.4 Å². The number of imide groups is 2. The molecule has 2 aromatic rings. The van der Waals surface area contributed by atoms with Crippen LogP contribution in [-0.2, 0) is 22.6 Å². The van der Waals surface area contributed by atoms with E-state index in [4.69, 9.17) is 5.73 Å². The fourth-order valence-electron chi connectivity index (χ4n) is 4.91. The zero-order valence-corrected chi connectivity index (χ0v) is 17.5. The number of aryl methyl sites for hydroxylation is 1. The van der Waals surface area contributed by atoms with Crippen LogP contribution in [0.15, 0.2) is 36.4 Å². The van der Waals surface area contributed by atoms with Crippen molar-refractivity contribution in [2.75, 3.05) is 5.32 Å². The minimum atomic E-state index is -0.960. The van der Waals surface area contributed by atoms with Crippen LogP contribution in [0.25, 0.3) is 0 Å². The number of carbonyl (C=O) groups is 4. The summed E-state index contributed by atoms with van der Waals surface area (Å²) in [4.78, 5) is 50.6. The molecule has 5 rings (SSSR count). The van der Waals surface area contributed by atoms with Crippen molar-refractivity contribution in [3.8, 4) is 0 Å². The minimum Gasteiger partial charge on any atom is -0.378 e. The van der Waals surface area contributed by atoms with Crippen LogP contribution in [0.2, 0.25) is 0 Å². The second kappa shape index (κ2) is 7.87. The summed E-state index contributed by atoms with van der Waals surface area (Å²) in [6.07, 6.45) is 3.26. The van der Waals surface area contributed by atoms with Gasteiger partial charge >= 0.3 is 0 Å². The molecule has 0 saturated carbocycles. The minimum absolute atomic E-state index is 0.0991. The second-order valence-corrected chi connectivity index (χ2v) is 8.53. The summed E-state index contributed by atoms with van der Waals surface area (Å²) in [5, 5.41) is 5.72. The summed E-state index contributed by atoms with van der Waals surface area (Å²) >= 11 is 0. The lowest BCUT2D eigenvalue weighted by Crippen LogP contribution is -2.54. The Morgan fingerprint density at radius 1 is 0.969 bits per heavy atom. The van der Waals surface area contributed by atoms with Crippen LogP contribution in [0.5, 0.6) is 0 Å². The van der Waals surface area contributed by atoms with Crippen LogP contribution in [0.3, 0.4) is 0 Å². The molecule has 2 unspecified atom stereocenters. The molecule has 1 saturated heterocycles. The third-order valence-corrected chi connectivity index (χ3v) is 6.54. The van der Waals surface area contributed by atoms with Gasteiger partial charge in [-0.05, 0) is 60.6 Å². The van der Waals surface area contributed by atoms with Gasteiger partial charge in [-0.1, -0.05) is 18.2 Å². The van der Waals surface area contributed by atoms with Gasteiger partial charge in [0, 0.05) is 18.7 Å². The summed E-state index contributed by atoms with van der Waals surface area (Å²) in [7, 11) is 0. The molecular formula is C24H24N4O4. The molecular weight excluding hydrogens is 408 g/mol. The van der Waals surface area contributed by atoms with Crippen LogP contribution >= 0.6 is 0 Å². The highest BCUT2D eigenvalue weighted by atomic mass is 16.2. The molecule has 2 heterocycles. The molecule has 8 heteroatoms. The predicted molar refractivity (Wildman–Crippen MR) is 117 cm³/mol. The smallest absolute Gasteiger partial charge is 0.262 e. The highest BCUT2D eigenvalue weighted by molar-refractivity contribution is 6.23. The molecule has 2 atom stereocenters. The highest BCUT2D eigenvalue weighted by Crippen LogP contribution is 2.35. The number of hydrogen-bond donors (Lipinski definition) is 3. The molecule has 4 amide bonds. The molecule has 3 aliphatic rings. The van der Waals surface area contributed by atoms with Crippen molar-refractivity contribution in [1.29, 1.82) is 0 Å². The van der Waals surface area contributed by atoms with E-state index >= 15 is 0 Å². The first-order chi connectivity index (χ1) is 15.5. The number of hydrogen-bond acceptors (Lipinski definition) is 6. The van der Waals surface area contributed by atoms with E-state index in [-0.39, 0.29) is 35.9 Å². The molecule has 164 valence electrons. The molecule has 0 bridgehead atoms. The van der Waals surface area contributed by atoms with E-state index in [9.17, 15) is 19.2 Å². The Bertz CT molecular complexity index is 1160. The van der Waals surface area contributed by atoms with Crippen LogP contribution in [0.1, 0.15) is 69.1 Å². The Labute approximate surface area is 185 Å². The summed E-state index contributed by atoms with van der Waals surface area (Å²) in [5.74, 6) is -1.99. The van der Waals surface area contributed by atoms with Crippen molar-refractivity contribution in [2.45, 2.75) is 50.7 Å². The molecule has 2 aromatic carbocycles. The number of piperidine rings is 1.